The van der Waals surface area contributed by atoms with Gasteiger partial charge in [-0.1, -0.05) is 11.6 Å². The molecule has 0 aliphatic carbocycles. The summed E-state index contributed by atoms with van der Waals surface area (Å²) in [4.78, 5) is 11.0. The smallest absolute Gasteiger partial charge is 0.374 e. The Kier molecular flexibility index (Phi) is 3.72. The molecule has 0 heterocycles. The van der Waals surface area contributed by atoms with Gasteiger partial charge >= 0.3 is 5.43 Å². The van der Waals surface area contributed by atoms with E-state index in [0.717, 1.165) is 16.9 Å². The predicted octanol–water partition coefficient (Wildman–Crippen LogP) is 3.72. The highest BCUT2D eigenvalue weighted by Gasteiger charge is 1.99. The van der Waals surface area contributed by atoms with Crippen LogP contribution in [0.4, 0.5) is 4.79 Å². The summed E-state index contributed by atoms with van der Waals surface area (Å²) in [6.07, 6.45) is 0. The molecule has 0 fully saturated rings. The molecule has 12 heavy (non-hydrogen) atoms. The monoisotopic (exact) mass is 222 g/mol. The van der Waals surface area contributed by atoms with E-state index in [9.17, 15) is 4.79 Å². The van der Waals surface area contributed by atoms with Crippen molar-refractivity contribution in [3.8, 4) is 0 Å². The van der Waals surface area contributed by atoms with Crippen molar-refractivity contribution in [2.24, 2.45) is 0 Å². The van der Waals surface area contributed by atoms with Gasteiger partial charge in [0.1, 0.15) is 0 Å². The van der Waals surface area contributed by atoms with Crippen LogP contribution >= 0.6 is 35.2 Å². The van der Waals surface area contributed by atoms with Crippen LogP contribution in [-0.4, -0.2) is 5.43 Å². The van der Waals surface area contributed by atoms with Gasteiger partial charge < -0.3 is 4.18 Å². The lowest BCUT2D eigenvalue weighted by molar-refractivity contribution is 0.233. The van der Waals surface area contributed by atoms with E-state index in [0.29, 0.717) is 5.02 Å². The van der Waals surface area contributed by atoms with Crippen molar-refractivity contribution in [2.45, 2.75) is 4.90 Å². The zero-order chi connectivity index (χ0) is 8.97. The largest absolute Gasteiger partial charge is 0.416 e. The first kappa shape index (κ1) is 9.71. The molecule has 0 unspecified atom stereocenters. The summed E-state index contributed by atoms with van der Waals surface area (Å²) < 4.78 is 4.47. The van der Waals surface area contributed by atoms with Crippen molar-refractivity contribution in [1.82, 2.24) is 0 Å². The Labute approximate surface area is 84.0 Å². The molecule has 2 nitrogen and oxygen atoms in total. The highest BCUT2D eigenvalue weighted by atomic mass is 35.5. The number of hydrogen-bond acceptors (Lipinski definition) is 3. The molecule has 0 aromatic heterocycles. The number of hydrogen-bond donors (Lipinski definition) is 0. The first-order valence-corrected chi connectivity index (χ1v) is 4.48. The van der Waals surface area contributed by atoms with Crippen molar-refractivity contribution < 1.29 is 8.98 Å². The second-order valence-corrected chi connectivity index (χ2v) is 3.41. The van der Waals surface area contributed by atoms with E-state index in [2.05, 4.69) is 4.18 Å². The van der Waals surface area contributed by atoms with Gasteiger partial charge in [-0.3, -0.25) is 0 Å². The molecule has 0 aliphatic rings. The lowest BCUT2D eigenvalue weighted by Crippen LogP contribution is -1.81. The molecule has 1 rings (SSSR count). The maximum Gasteiger partial charge on any atom is 0.416 e. The van der Waals surface area contributed by atoms with Crippen molar-refractivity contribution in [3.05, 3.63) is 29.3 Å². The summed E-state index contributed by atoms with van der Waals surface area (Å²) in [5, 5.41) is 0.636. The normalized spacial score (nSPS) is 9.50. The number of rotatable bonds is 2. The van der Waals surface area contributed by atoms with Crippen LogP contribution in [0.15, 0.2) is 29.2 Å². The Morgan fingerprint density at radius 2 is 1.92 bits per heavy atom. The van der Waals surface area contributed by atoms with Crippen LogP contribution < -0.4 is 0 Å². The highest BCUT2D eigenvalue weighted by Crippen LogP contribution is 2.21. The third-order valence-electron chi connectivity index (χ3n) is 1.02. The molecule has 1 aromatic carbocycles. The van der Waals surface area contributed by atoms with Gasteiger partial charge in [0.15, 0.2) is 0 Å². The van der Waals surface area contributed by atoms with E-state index < -0.39 is 5.43 Å². The lowest BCUT2D eigenvalue weighted by atomic mass is 10.4. The van der Waals surface area contributed by atoms with Gasteiger partial charge in [-0.2, -0.15) is 0 Å². The van der Waals surface area contributed by atoms with E-state index in [1.54, 1.807) is 24.3 Å². The first-order chi connectivity index (χ1) is 5.68. The molecule has 5 heteroatoms. The van der Waals surface area contributed by atoms with E-state index in [4.69, 9.17) is 23.2 Å². The Morgan fingerprint density at radius 1 is 1.33 bits per heavy atom. The molecule has 0 amide bonds. The van der Waals surface area contributed by atoms with Gasteiger partial charge in [0.05, 0.1) is 12.0 Å². The van der Waals surface area contributed by atoms with Gasteiger partial charge in [-0.15, -0.1) is 0 Å². The second-order valence-electron chi connectivity index (χ2n) is 1.86. The Balaban J connectivity index is 2.53. The molecule has 0 spiro atoms. The standard InChI is InChI=1S/C7H4Cl2O2S/c8-5-1-3-6(4-2-5)12-11-7(9)10/h1-4H. The molecule has 0 atom stereocenters. The van der Waals surface area contributed by atoms with Crippen LogP contribution in [0.5, 0.6) is 0 Å². The van der Waals surface area contributed by atoms with Crippen molar-refractivity contribution >= 4 is 40.7 Å². The minimum Gasteiger partial charge on any atom is -0.374 e. The quantitative estimate of drug-likeness (QED) is 0.564. The molecule has 1 aromatic rings. The van der Waals surface area contributed by atoms with E-state index in [1.165, 1.54) is 0 Å². The van der Waals surface area contributed by atoms with Crippen molar-refractivity contribution in [2.75, 3.05) is 0 Å². The maximum atomic E-state index is 10.2. The van der Waals surface area contributed by atoms with Crippen LogP contribution in [-0.2, 0) is 4.18 Å². The van der Waals surface area contributed by atoms with Gasteiger partial charge in [-0.25, -0.2) is 4.79 Å². The molecule has 0 radical (unpaired) electrons. The number of carbonyl (C=O) groups excluding carboxylic acids is 1. The topological polar surface area (TPSA) is 26.3 Å². The third kappa shape index (κ3) is 3.34. The van der Waals surface area contributed by atoms with Crippen molar-refractivity contribution in [1.29, 1.82) is 0 Å². The molecular weight excluding hydrogens is 219 g/mol. The van der Waals surface area contributed by atoms with Gasteiger partial charge in [0.2, 0.25) is 0 Å². The molecule has 0 aliphatic heterocycles. The molecule has 64 valence electrons. The lowest BCUT2D eigenvalue weighted by Gasteiger charge is -1.97. The highest BCUT2D eigenvalue weighted by molar-refractivity contribution is 7.95. The SMILES string of the molecule is O=C(Cl)OSc1ccc(Cl)cc1. The fraction of sp³-hybridized carbons (Fsp3) is 0. The third-order valence-corrected chi connectivity index (χ3v) is 2.14. The Bertz CT molecular complexity index is 273. The van der Waals surface area contributed by atoms with Crippen LogP contribution in [0.2, 0.25) is 5.02 Å². The Hall–Kier alpha value is -0.380. The summed E-state index contributed by atoms with van der Waals surface area (Å²) in [6, 6.07) is 6.86. The molecule has 0 saturated heterocycles. The number of carbonyl (C=O) groups is 1. The fourth-order valence-electron chi connectivity index (χ4n) is 0.571. The van der Waals surface area contributed by atoms with Crippen LogP contribution in [0.25, 0.3) is 0 Å². The van der Waals surface area contributed by atoms with Crippen LogP contribution in [0.1, 0.15) is 0 Å². The zero-order valence-corrected chi connectivity index (χ0v) is 8.12. The number of halogens is 2. The average Bonchev–Trinajstić information content (AvgIpc) is 2.03. The van der Waals surface area contributed by atoms with E-state index >= 15 is 0 Å². The Morgan fingerprint density at radius 3 is 2.42 bits per heavy atom. The molecule has 0 N–H and O–H groups in total. The summed E-state index contributed by atoms with van der Waals surface area (Å²) in [6.45, 7) is 0. The fourth-order valence-corrected chi connectivity index (χ4v) is 1.20. The second kappa shape index (κ2) is 4.60. The maximum absolute atomic E-state index is 10.2. The van der Waals surface area contributed by atoms with E-state index in [1.807, 2.05) is 0 Å². The summed E-state index contributed by atoms with van der Waals surface area (Å²) in [7, 11) is 0. The van der Waals surface area contributed by atoms with E-state index in [-0.39, 0.29) is 0 Å². The minimum atomic E-state index is -0.838. The van der Waals surface area contributed by atoms with Gasteiger partial charge in [0, 0.05) is 21.5 Å². The molecule has 0 saturated carbocycles. The van der Waals surface area contributed by atoms with Crippen LogP contribution in [0, 0.1) is 0 Å². The molecule has 0 bridgehead atoms. The van der Waals surface area contributed by atoms with Gasteiger partial charge in [0.25, 0.3) is 0 Å². The average molecular weight is 223 g/mol. The summed E-state index contributed by atoms with van der Waals surface area (Å²) >= 11 is 11.5. The zero-order valence-electron chi connectivity index (χ0n) is 5.79. The number of benzene rings is 1. The molecular formula is C7H4Cl2O2S. The minimum absolute atomic E-state index is 0.636. The summed E-state index contributed by atoms with van der Waals surface area (Å²) in [5.41, 5.74) is -0.838. The summed E-state index contributed by atoms with van der Waals surface area (Å²) in [5.74, 6) is 0. The van der Waals surface area contributed by atoms with Gasteiger partial charge in [-0.05, 0) is 24.3 Å². The predicted molar refractivity (Wildman–Crippen MR) is 49.6 cm³/mol. The first-order valence-electron chi connectivity index (χ1n) is 2.98. The van der Waals surface area contributed by atoms with Crippen LogP contribution in [0.3, 0.4) is 0 Å². The van der Waals surface area contributed by atoms with Crippen molar-refractivity contribution in [3.63, 3.8) is 0 Å².